The minimum absolute atomic E-state index is 0. The molecular weight excluding hydrogens is 443 g/mol. The van der Waals surface area contributed by atoms with Crippen molar-refractivity contribution in [3.8, 4) is 11.5 Å². The fourth-order valence-electron chi connectivity index (χ4n) is 5.33. The van der Waals surface area contributed by atoms with Crippen molar-refractivity contribution in [2.24, 2.45) is 0 Å². The summed E-state index contributed by atoms with van der Waals surface area (Å²) >= 11 is 0. The first kappa shape index (κ1) is 27.0. The summed E-state index contributed by atoms with van der Waals surface area (Å²) in [7, 11) is 3.56. The number of hydrogen-bond donors (Lipinski definition) is 2. The zero-order valence-corrected chi connectivity index (χ0v) is 21.2. The van der Waals surface area contributed by atoms with Gasteiger partial charge in [-0.15, -0.1) is 24.8 Å². The van der Waals surface area contributed by atoms with E-state index in [0.29, 0.717) is 12.1 Å². The van der Waals surface area contributed by atoms with Crippen LogP contribution in [0.2, 0.25) is 0 Å². The summed E-state index contributed by atoms with van der Waals surface area (Å²) in [5.74, 6) is 1.96. The lowest BCUT2D eigenvalue weighted by Crippen LogP contribution is -2.30. The Bertz CT molecular complexity index is 834. The maximum absolute atomic E-state index is 5.92. The molecule has 2 aliphatic carbocycles. The lowest BCUT2D eigenvalue weighted by Gasteiger charge is -2.25. The van der Waals surface area contributed by atoms with E-state index in [-0.39, 0.29) is 24.8 Å². The smallest absolute Gasteiger partial charge is 0.131 e. The second-order valence-electron chi connectivity index (χ2n) is 9.03. The molecule has 0 amide bonds. The maximum Gasteiger partial charge on any atom is 0.131 e. The van der Waals surface area contributed by atoms with E-state index in [2.05, 4.69) is 34.9 Å². The summed E-state index contributed by atoms with van der Waals surface area (Å²) in [5, 5.41) is 9.97. The summed E-state index contributed by atoms with van der Waals surface area (Å²) < 4.78 is 11.7. The Morgan fingerprint density at radius 3 is 1.81 bits per heavy atom. The molecule has 4 nitrogen and oxygen atoms in total. The van der Waals surface area contributed by atoms with Gasteiger partial charge in [-0.3, -0.25) is 0 Å². The van der Waals surface area contributed by atoms with Gasteiger partial charge in [0.2, 0.25) is 0 Å². The van der Waals surface area contributed by atoms with Gasteiger partial charge in [-0.1, -0.05) is 50.7 Å². The summed E-state index contributed by atoms with van der Waals surface area (Å²) in [4.78, 5) is 0. The molecule has 2 aliphatic rings. The van der Waals surface area contributed by atoms with Gasteiger partial charge >= 0.3 is 0 Å². The highest BCUT2D eigenvalue weighted by molar-refractivity contribution is 5.93. The molecule has 4 rings (SSSR count). The van der Waals surface area contributed by atoms with Crippen LogP contribution in [0.15, 0.2) is 24.3 Å². The zero-order valence-electron chi connectivity index (χ0n) is 19.6. The van der Waals surface area contributed by atoms with Gasteiger partial charge in [0.1, 0.15) is 11.5 Å². The van der Waals surface area contributed by atoms with Gasteiger partial charge in [0, 0.05) is 41.7 Å². The van der Waals surface area contributed by atoms with Crippen LogP contribution in [0.25, 0.3) is 10.8 Å². The molecule has 0 radical (unpaired) electrons. The van der Waals surface area contributed by atoms with Crippen molar-refractivity contribution in [1.82, 2.24) is 10.6 Å². The molecule has 2 aromatic carbocycles. The minimum atomic E-state index is 0. The molecule has 0 aromatic heterocycles. The monoisotopic (exact) mass is 482 g/mol. The molecule has 6 heteroatoms. The van der Waals surface area contributed by atoms with E-state index in [9.17, 15) is 0 Å². The van der Waals surface area contributed by atoms with E-state index in [4.69, 9.17) is 9.47 Å². The SMILES string of the molecule is COc1ccc2c(OC)c(CNC3CCCCC3)ccc2c1CNC1CCCCC1.Cl.Cl. The molecule has 2 aromatic rings. The summed E-state index contributed by atoms with van der Waals surface area (Å²) in [6, 6.07) is 10.0. The summed E-state index contributed by atoms with van der Waals surface area (Å²) in [6.07, 6.45) is 13.3. The molecule has 180 valence electrons. The Labute approximate surface area is 206 Å². The fourth-order valence-corrected chi connectivity index (χ4v) is 5.33. The largest absolute Gasteiger partial charge is 0.496 e. The van der Waals surface area contributed by atoms with Crippen molar-refractivity contribution in [1.29, 1.82) is 0 Å². The Kier molecular flexibility index (Phi) is 11.4. The Morgan fingerprint density at radius 1 is 0.688 bits per heavy atom. The molecule has 2 N–H and O–H groups in total. The molecule has 0 saturated heterocycles. The highest BCUT2D eigenvalue weighted by Crippen LogP contribution is 2.36. The van der Waals surface area contributed by atoms with Crippen molar-refractivity contribution >= 4 is 35.6 Å². The third-order valence-electron chi connectivity index (χ3n) is 7.08. The second-order valence-corrected chi connectivity index (χ2v) is 9.03. The molecule has 2 saturated carbocycles. The summed E-state index contributed by atoms with van der Waals surface area (Å²) in [6.45, 7) is 1.71. The van der Waals surface area contributed by atoms with Gasteiger partial charge < -0.3 is 20.1 Å². The normalized spacial score (nSPS) is 17.4. The van der Waals surface area contributed by atoms with Crippen LogP contribution in [0.4, 0.5) is 0 Å². The lowest BCUT2D eigenvalue weighted by molar-refractivity contribution is 0.365. The average Bonchev–Trinajstić information content (AvgIpc) is 2.81. The third kappa shape index (κ3) is 6.44. The molecule has 0 unspecified atom stereocenters. The van der Waals surface area contributed by atoms with Gasteiger partial charge in [0.15, 0.2) is 0 Å². The third-order valence-corrected chi connectivity index (χ3v) is 7.08. The number of fused-ring (bicyclic) bond motifs is 1. The number of ether oxygens (including phenoxy) is 2. The van der Waals surface area contributed by atoms with Crippen molar-refractivity contribution in [2.45, 2.75) is 89.4 Å². The van der Waals surface area contributed by atoms with Gasteiger partial charge in [-0.05, 0) is 43.2 Å². The van der Waals surface area contributed by atoms with Crippen LogP contribution in [0.1, 0.15) is 75.3 Å². The molecular formula is C26H40Cl2N2O2. The summed E-state index contributed by atoms with van der Waals surface area (Å²) in [5.41, 5.74) is 2.48. The van der Waals surface area contributed by atoms with Gasteiger partial charge in [0.05, 0.1) is 14.2 Å². The quantitative estimate of drug-likeness (QED) is 0.447. The van der Waals surface area contributed by atoms with Crippen molar-refractivity contribution in [2.75, 3.05) is 14.2 Å². The first-order chi connectivity index (χ1) is 14.8. The number of hydrogen-bond acceptors (Lipinski definition) is 4. The number of methoxy groups -OCH3 is 2. The molecule has 0 bridgehead atoms. The average molecular weight is 484 g/mol. The van der Waals surface area contributed by atoms with Crippen molar-refractivity contribution < 1.29 is 9.47 Å². The highest BCUT2D eigenvalue weighted by Gasteiger charge is 2.18. The number of rotatable bonds is 8. The van der Waals surface area contributed by atoms with Crippen LogP contribution in [0.5, 0.6) is 11.5 Å². The van der Waals surface area contributed by atoms with Gasteiger partial charge in [-0.2, -0.15) is 0 Å². The van der Waals surface area contributed by atoms with Crippen molar-refractivity contribution in [3.05, 3.63) is 35.4 Å². The minimum Gasteiger partial charge on any atom is -0.496 e. The second kappa shape index (κ2) is 13.5. The number of benzene rings is 2. The Morgan fingerprint density at radius 2 is 1.25 bits per heavy atom. The Balaban J connectivity index is 0.00000181. The zero-order chi connectivity index (χ0) is 20.8. The fraction of sp³-hybridized carbons (Fsp3) is 0.615. The van der Waals surface area contributed by atoms with Gasteiger partial charge in [-0.25, -0.2) is 0 Å². The first-order valence-electron chi connectivity index (χ1n) is 11.9. The van der Waals surface area contributed by atoms with Crippen LogP contribution in [0.3, 0.4) is 0 Å². The standard InChI is InChI=1S/C26H38N2O2.2ClH/c1-29-25-16-15-23-22(24(25)18-28-21-11-7-4-8-12-21)14-13-19(26(23)30-2)17-27-20-9-5-3-6-10-20;;/h13-16,20-21,27-28H,3-12,17-18H2,1-2H3;2*1H. The van der Waals surface area contributed by atoms with E-state index in [1.807, 2.05) is 0 Å². The van der Waals surface area contributed by atoms with Crippen LogP contribution in [-0.4, -0.2) is 26.3 Å². The lowest BCUT2D eigenvalue weighted by atomic mass is 9.94. The predicted molar refractivity (Wildman–Crippen MR) is 139 cm³/mol. The Hall–Kier alpha value is -1.20. The van der Waals surface area contributed by atoms with Crippen LogP contribution in [0, 0.1) is 0 Å². The highest BCUT2D eigenvalue weighted by atomic mass is 35.5. The number of halogens is 2. The van der Waals surface area contributed by atoms with Crippen LogP contribution < -0.4 is 20.1 Å². The number of nitrogens with one attached hydrogen (secondary N) is 2. The van der Waals surface area contributed by atoms with Crippen molar-refractivity contribution in [3.63, 3.8) is 0 Å². The van der Waals surface area contributed by atoms with Crippen LogP contribution >= 0.6 is 24.8 Å². The topological polar surface area (TPSA) is 42.5 Å². The van der Waals surface area contributed by atoms with E-state index in [0.717, 1.165) is 24.6 Å². The molecule has 0 heterocycles. The van der Waals surface area contributed by atoms with E-state index >= 15 is 0 Å². The van der Waals surface area contributed by atoms with E-state index in [1.165, 1.54) is 86.1 Å². The molecule has 2 fully saturated rings. The first-order valence-corrected chi connectivity index (χ1v) is 11.9. The molecule has 32 heavy (non-hydrogen) atoms. The predicted octanol–water partition coefficient (Wildman–Crippen LogP) is 6.55. The van der Waals surface area contributed by atoms with E-state index in [1.54, 1.807) is 14.2 Å². The molecule has 0 aliphatic heterocycles. The molecule has 0 spiro atoms. The van der Waals surface area contributed by atoms with Crippen LogP contribution in [-0.2, 0) is 13.1 Å². The molecule has 0 atom stereocenters. The maximum atomic E-state index is 5.92. The van der Waals surface area contributed by atoms with Gasteiger partial charge in [0.25, 0.3) is 0 Å². The van der Waals surface area contributed by atoms with E-state index < -0.39 is 0 Å².